The molecular weight excluding hydrogens is 337 g/mol. The number of ketones is 1. The number of nitrogens with zero attached hydrogens (tertiary/aromatic N) is 2. The number of carbonyl (C=O) groups excluding carboxylic acids is 2. The highest BCUT2D eigenvalue weighted by Crippen LogP contribution is 2.24. The van der Waals surface area contributed by atoms with Gasteiger partial charge < -0.3 is 9.14 Å². The number of hydrazone groups is 1. The number of fused-ring (bicyclic) bond motifs is 1. The van der Waals surface area contributed by atoms with E-state index < -0.39 is 11.9 Å². The number of halogens is 1. The zero-order chi connectivity index (χ0) is 18.7. The third-order valence-electron chi connectivity index (χ3n) is 3.99. The predicted octanol–water partition coefficient (Wildman–Crippen LogP) is 3.31. The summed E-state index contributed by atoms with van der Waals surface area (Å²) >= 11 is 0. The monoisotopic (exact) mass is 353 g/mol. The van der Waals surface area contributed by atoms with Crippen LogP contribution in [0.5, 0.6) is 0 Å². The van der Waals surface area contributed by atoms with Gasteiger partial charge in [-0.2, -0.15) is 5.10 Å². The molecule has 0 aliphatic heterocycles. The van der Waals surface area contributed by atoms with Crippen LogP contribution in [-0.4, -0.2) is 29.6 Å². The number of pyridine rings is 1. The van der Waals surface area contributed by atoms with Crippen molar-refractivity contribution in [2.24, 2.45) is 5.10 Å². The largest absolute Gasteiger partial charge is 0.452 e. The molecular formula is C19H16FN3O3. The minimum atomic E-state index is -0.690. The summed E-state index contributed by atoms with van der Waals surface area (Å²) in [5, 5.41) is 3.86. The fourth-order valence-corrected chi connectivity index (χ4v) is 2.73. The van der Waals surface area contributed by atoms with Crippen molar-refractivity contribution in [1.29, 1.82) is 0 Å². The van der Waals surface area contributed by atoms with E-state index in [4.69, 9.17) is 0 Å². The van der Waals surface area contributed by atoms with Crippen molar-refractivity contribution in [2.45, 2.75) is 6.92 Å². The second kappa shape index (κ2) is 7.18. The van der Waals surface area contributed by atoms with Gasteiger partial charge in [0.25, 0.3) is 0 Å². The third-order valence-corrected chi connectivity index (χ3v) is 3.99. The average Bonchev–Trinajstić information content (AvgIpc) is 2.93. The van der Waals surface area contributed by atoms with Gasteiger partial charge >= 0.3 is 6.09 Å². The molecule has 132 valence electrons. The fourth-order valence-electron chi connectivity index (χ4n) is 2.73. The number of rotatable bonds is 4. The molecule has 0 atom stereocenters. The van der Waals surface area contributed by atoms with Crippen molar-refractivity contribution in [1.82, 2.24) is 9.83 Å². The number of amides is 1. The van der Waals surface area contributed by atoms with Gasteiger partial charge in [-0.15, -0.1) is 0 Å². The van der Waals surface area contributed by atoms with Crippen LogP contribution in [0.3, 0.4) is 0 Å². The molecule has 2 heterocycles. The van der Waals surface area contributed by atoms with Gasteiger partial charge in [0.05, 0.1) is 24.5 Å². The maximum Gasteiger partial charge on any atom is 0.427 e. The molecule has 0 unspecified atom stereocenters. The molecule has 1 amide bonds. The maximum atomic E-state index is 13.1. The predicted molar refractivity (Wildman–Crippen MR) is 95.1 cm³/mol. The van der Waals surface area contributed by atoms with Crippen LogP contribution in [0.1, 0.15) is 27.2 Å². The van der Waals surface area contributed by atoms with Gasteiger partial charge in [0.2, 0.25) is 5.78 Å². The highest BCUT2D eigenvalue weighted by Gasteiger charge is 2.20. The lowest BCUT2D eigenvalue weighted by atomic mass is 10.0. The lowest BCUT2D eigenvalue weighted by molar-refractivity contribution is 0.103. The van der Waals surface area contributed by atoms with Crippen molar-refractivity contribution < 1.29 is 18.7 Å². The van der Waals surface area contributed by atoms with Gasteiger partial charge in [-0.1, -0.05) is 6.07 Å². The van der Waals surface area contributed by atoms with Crippen LogP contribution in [0.25, 0.3) is 5.52 Å². The molecule has 0 radical (unpaired) electrons. The van der Waals surface area contributed by atoms with Crippen molar-refractivity contribution in [3.8, 4) is 0 Å². The number of nitrogens with one attached hydrogen (secondary N) is 1. The summed E-state index contributed by atoms with van der Waals surface area (Å²) in [7, 11) is 1.24. The van der Waals surface area contributed by atoms with Gasteiger partial charge in [-0.25, -0.2) is 14.6 Å². The molecule has 1 N–H and O–H groups in total. The highest BCUT2D eigenvalue weighted by atomic mass is 19.1. The molecule has 3 aromatic rings. The van der Waals surface area contributed by atoms with Gasteiger partial charge in [-0.3, -0.25) is 4.79 Å². The Kier molecular flexibility index (Phi) is 4.79. The quantitative estimate of drug-likeness (QED) is 0.444. The van der Waals surface area contributed by atoms with E-state index in [1.165, 1.54) is 37.6 Å². The molecule has 0 aliphatic carbocycles. The molecule has 26 heavy (non-hydrogen) atoms. The Labute approximate surface area is 148 Å². The Balaban J connectivity index is 2.09. The van der Waals surface area contributed by atoms with E-state index in [9.17, 15) is 14.0 Å². The summed E-state index contributed by atoms with van der Waals surface area (Å²) in [4.78, 5) is 24.1. The van der Waals surface area contributed by atoms with Crippen LogP contribution < -0.4 is 5.43 Å². The molecule has 0 saturated heterocycles. The summed E-state index contributed by atoms with van der Waals surface area (Å²) in [5.41, 5.74) is 5.19. The second-order valence-electron chi connectivity index (χ2n) is 5.54. The van der Waals surface area contributed by atoms with E-state index in [0.717, 1.165) is 5.52 Å². The lowest BCUT2D eigenvalue weighted by Crippen LogP contribution is -2.16. The van der Waals surface area contributed by atoms with Gasteiger partial charge in [-0.05, 0) is 48.9 Å². The van der Waals surface area contributed by atoms with Gasteiger partial charge in [0, 0.05) is 17.3 Å². The number of hydrogen-bond donors (Lipinski definition) is 1. The zero-order valence-corrected chi connectivity index (χ0v) is 14.2. The summed E-state index contributed by atoms with van der Waals surface area (Å²) in [6, 6.07) is 10.9. The molecule has 0 fully saturated rings. The Morgan fingerprint density at radius 3 is 2.62 bits per heavy atom. The first-order valence-electron chi connectivity index (χ1n) is 7.80. The normalized spacial score (nSPS) is 11.0. The Morgan fingerprint density at radius 1 is 1.19 bits per heavy atom. The van der Waals surface area contributed by atoms with E-state index in [1.807, 2.05) is 18.2 Å². The highest BCUT2D eigenvalue weighted by molar-refractivity contribution is 6.11. The molecule has 0 spiro atoms. The number of ether oxygens (including phenoxy) is 1. The Hall–Kier alpha value is -3.48. The molecule has 7 heteroatoms. The molecule has 3 rings (SSSR count). The molecule has 0 saturated carbocycles. The van der Waals surface area contributed by atoms with Crippen LogP contribution in [0.2, 0.25) is 0 Å². The zero-order valence-electron chi connectivity index (χ0n) is 14.2. The van der Waals surface area contributed by atoms with Crippen LogP contribution >= 0.6 is 0 Å². The summed E-state index contributed by atoms with van der Waals surface area (Å²) in [6.07, 6.45) is 2.54. The second-order valence-corrected chi connectivity index (χ2v) is 5.54. The fraction of sp³-hybridized carbons (Fsp3) is 0.105. The van der Waals surface area contributed by atoms with Gasteiger partial charge in [0.1, 0.15) is 5.82 Å². The lowest BCUT2D eigenvalue weighted by Gasteiger charge is -2.04. The maximum absolute atomic E-state index is 13.1. The van der Waals surface area contributed by atoms with Crippen molar-refractivity contribution >= 4 is 23.6 Å². The topological polar surface area (TPSA) is 72.2 Å². The van der Waals surface area contributed by atoms with E-state index in [2.05, 4.69) is 15.3 Å². The first-order valence-corrected chi connectivity index (χ1v) is 7.80. The Bertz CT molecular complexity index is 1010. The van der Waals surface area contributed by atoms with Gasteiger partial charge in [0.15, 0.2) is 0 Å². The Morgan fingerprint density at radius 2 is 1.92 bits per heavy atom. The van der Waals surface area contributed by atoms with Crippen LogP contribution in [0, 0.1) is 12.7 Å². The van der Waals surface area contributed by atoms with Crippen LogP contribution in [0.4, 0.5) is 9.18 Å². The number of aromatic nitrogens is 1. The molecule has 6 nitrogen and oxygen atoms in total. The molecule has 0 bridgehead atoms. The summed E-state index contributed by atoms with van der Waals surface area (Å²) < 4.78 is 19.4. The van der Waals surface area contributed by atoms with Crippen molar-refractivity contribution in [3.05, 3.63) is 76.9 Å². The molecule has 2 aromatic heterocycles. The van der Waals surface area contributed by atoms with Crippen molar-refractivity contribution in [2.75, 3.05) is 7.11 Å². The number of hydrogen-bond acceptors (Lipinski definition) is 4. The minimum Gasteiger partial charge on any atom is -0.452 e. The van der Waals surface area contributed by atoms with E-state index >= 15 is 0 Å². The van der Waals surface area contributed by atoms with E-state index in [-0.39, 0.29) is 5.78 Å². The van der Waals surface area contributed by atoms with Crippen molar-refractivity contribution in [3.63, 3.8) is 0 Å². The third kappa shape index (κ3) is 3.19. The standard InChI is InChI=1S/C19H16FN3O3/c1-12-15(11-21-22-19(25)26-2)16-5-3-4-10-23(16)17(12)18(24)13-6-8-14(20)9-7-13/h3-11H,1-2H3,(H,22,25). The first kappa shape index (κ1) is 17.3. The van der Waals surface area contributed by atoms with Crippen LogP contribution in [-0.2, 0) is 4.74 Å². The molecule has 1 aromatic carbocycles. The van der Waals surface area contributed by atoms with E-state index in [0.29, 0.717) is 22.4 Å². The SMILES string of the molecule is COC(=O)NN=Cc1c(C)c(C(=O)c2ccc(F)cc2)n2ccccc12. The first-order chi connectivity index (χ1) is 12.5. The minimum absolute atomic E-state index is 0.232. The van der Waals surface area contributed by atoms with Crippen LogP contribution in [0.15, 0.2) is 53.8 Å². The number of benzene rings is 1. The van der Waals surface area contributed by atoms with E-state index in [1.54, 1.807) is 17.5 Å². The molecule has 0 aliphatic rings. The summed E-state index contributed by atoms with van der Waals surface area (Å²) in [6.45, 7) is 1.79. The summed E-state index contributed by atoms with van der Waals surface area (Å²) in [5.74, 6) is -0.635. The smallest absolute Gasteiger partial charge is 0.427 e. The average molecular weight is 353 g/mol. The number of methoxy groups -OCH3 is 1. The number of carbonyl (C=O) groups is 2.